The Kier molecular flexibility index (Phi) is 8.75. The third kappa shape index (κ3) is 9.23. The number of nitrogens with one attached hydrogen (secondary N) is 2. The number of hydrogen-bond acceptors (Lipinski definition) is 5. The van der Waals surface area contributed by atoms with Crippen molar-refractivity contribution in [3.63, 3.8) is 0 Å². The number of ether oxygens (including phenoxy) is 3. The fraction of sp³-hybridized carbons (Fsp3) is 0.938. The van der Waals surface area contributed by atoms with Crippen molar-refractivity contribution < 1.29 is 19.0 Å². The normalized spacial score (nSPS) is 21.3. The molecule has 2 N–H and O–H groups in total. The maximum absolute atomic E-state index is 11.6. The van der Waals surface area contributed by atoms with Crippen LogP contribution >= 0.6 is 0 Å². The summed E-state index contributed by atoms with van der Waals surface area (Å²) in [4.78, 5) is 11.6. The SMILES string of the molecule is COCCOCCCCNC1CC(NC(=O)OC(C)(C)C)C1. The fourth-order valence-corrected chi connectivity index (χ4v) is 2.26. The first-order chi connectivity index (χ1) is 10.4. The van der Waals surface area contributed by atoms with Gasteiger partial charge in [0.15, 0.2) is 0 Å². The molecule has 1 rings (SSSR count). The molecule has 130 valence electrons. The maximum Gasteiger partial charge on any atom is 0.407 e. The topological polar surface area (TPSA) is 68.8 Å². The second-order valence-electron chi connectivity index (χ2n) is 6.78. The van der Waals surface area contributed by atoms with Crippen LogP contribution in [0.5, 0.6) is 0 Å². The van der Waals surface area contributed by atoms with E-state index in [9.17, 15) is 4.79 Å². The average Bonchev–Trinajstić information content (AvgIpc) is 2.36. The first kappa shape index (κ1) is 19.2. The van der Waals surface area contributed by atoms with Crippen LogP contribution in [0.15, 0.2) is 0 Å². The number of amides is 1. The van der Waals surface area contributed by atoms with Gasteiger partial charge in [-0.3, -0.25) is 0 Å². The highest BCUT2D eigenvalue weighted by Crippen LogP contribution is 2.20. The third-order valence-electron chi connectivity index (χ3n) is 3.44. The molecule has 22 heavy (non-hydrogen) atoms. The van der Waals surface area contributed by atoms with E-state index in [1.165, 1.54) is 0 Å². The highest BCUT2D eigenvalue weighted by atomic mass is 16.6. The average molecular weight is 316 g/mol. The summed E-state index contributed by atoms with van der Waals surface area (Å²) in [6.07, 6.45) is 3.80. The Balaban J connectivity index is 1.90. The van der Waals surface area contributed by atoms with Crippen molar-refractivity contribution in [3.05, 3.63) is 0 Å². The summed E-state index contributed by atoms with van der Waals surface area (Å²) in [6.45, 7) is 8.73. The quantitative estimate of drug-likeness (QED) is 0.604. The Morgan fingerprint density at radius 2 is 1.82 bits per heavy atom. The van der Waals surface area contributed by atoms with E-state index in [1.807, 2.05) is 20.8 Å². The molecular formula is C16H32N2O4. The molecule has 0 heterocycles. The summed E-state index contributed by atoms with van der Waals surface area (Å²) in [6, 6.07) is 0.749. The number of methoxy groups -OCH3 is 1. The molecule has 0 radical (unpaired) electrons. The van der Waals surface area contributed by atoms with E-state index in [4.69, 9.17) is 14.2 Å². The van der Waals surface area contributed by atoms with E-state index in [0.717, 1.165) is 38.8 Å². The summed E-state index contributed by atoms with van der Waals surface area (Å²) in [5.74, 6) is 0. The molecule has 0 aliphatic heterocycles. The van der Waals surface area contributed by atoms with Crippen LogP contribution in [0.1, 0.15) is 46.5 Å². The molecule has 1 aliphatic rings. The molecule has 1 saturated carbocycles. The van der Waals surface area contributed by atoms with E-state index in [-0.39, 0.29) is 12.1 Å². The number of unbranched alkanes of at least 4 members (excludes halogenated alkanes) is 1. The Hall–Kier alpha value is -0.850. The van der Waals surface area contributed by atoms with Crippen molar-refractivity contribution >= 4 is 6.09 Å². The standard InChI is InChI=1S/C16H32N2O4/c1-16(2,3)22-15(19)18-14-11-13(12-14)17-7-5-6-8-21-10-9-20-4/h13-14,17H,5-12H2,1-4H3,(H,18,19). The van der Waals surface area contributed by atoms with Crippen molar-refractivity contribution in [1.82, 2.24) is 10.6 Å². The smallest absolute Gasteiger partial charge is 0.407 e. The van der Waals surface area contributed by atoms with Gasteiger partial charge in [0.25, 0.3) is 0 Å². The summed E-state index contributed by atoms with van der Waals surface area (Å²) in [5.41, 5.74) is -0.434. The lowest BCUT2D eigenvalue weighted by Gasteiger charge is -2.36. The van der Waals surface area contributed by atoms with Crippen molar-refractivity contribution in [2.24, 2.45) is 0 Å². The lowest BCUT2D eigenvalue weighted by molar-refractivity contribution is 0.0465. The second-order valence-corrected chi connectivity index (χ2v) is 6.78. The number of carbonyl (C=O) groups is 1. The van der Waals surface area contributed by atoms with Crippen LogP contribution in [0, 0.1) is 0 Å². The van der Waals surface area contributed by atoms with Gasteiger partial charge in [-0.1, -0.05) is 0 Å². The number of carbonyl (C=O) groups excluding carboxylic acids is 1. The molecule has 6 nitrogen and oxygen atoms in total. The van der Waals surface area contributed by atoms with Crippen molar-refractivity contribution in [2.75, 3.05) is 33.5 Å². The monoisotopic (exact) mass is 316 g/mol. The highest BCUT2D eigenvalue weighted by Gasteiger charge is 2.30. The van der Waals surface area contributed by atoms with Crippen LogP contribution in [0.25, 0.3) is 0 Å². The van der Waals surface area contributed by atoms with Crippen LogP contribution in [0.4, 0.5) is 4.79 Å². The highest BCUT2D eigenvalue weighted by molar-refractivity contribution is 5.68. The van der Waals surface area contributed by atoms with Gasteiger partial charge < -0.3 is 24.8 Å². The Morgan fingerprint density at radius 1 is 1.09 bits per heavy atom. The van der Waals surface area contributed by atoms with Gasteiger partial charge in [0, 0.05) is 25.8 Å². The maximum atomic E-state index is 11.6. The van der Waals surface area contributed by atoms with Gasteiger partial charge >= 0.3 is 6.09 Å². The Bertz CT molecular complexity index is 312. The zero-order chi connectivity index (χ0) is 16.4. The number of hydrogen-bond donors (Lipinski definition) is 2. The van der Waals surface area contributed by atoms with Gasteiger partial charge in [0.05, 0.1) is 13.2 Å². The number of alkyl carbamates (subject to hydrolysis) is 1. The number of rotatable bonds is 10. The van der Waals surface area contributed by atoms with Gasteiger partial charge in [-0.25, -0.2) is 4.79 Å². The zero-order valence-corrected chi connectivity index (χ0v) is 14.4. The molecule has 0 atom stereocenters. The van der Waals surface area contributed by atoms with E-state index >= 15 is 0 Å². The minimum absolute atomic E-state index is 0.240. The van der Waals surface area contributed by atoms with Crippen LogP contribution < -0.4 is 10.6 Å². The van der Waals surface area contributed by atoms with Gasteiger partial charge in [0.1, 0.15) is 5.60 Å². The minimum Gasteiger partial charge on any atom is -0.444 e. The predicted molar refractivity (Wildman–Crippen MR) is 86.1 cm³/mol. The molecule has 0 unspecified atom stereocenters. The molecule has 1 aliphatic carbocycles. The van der Waals surface area contributed by atoms with Gasteiger partial charge in [-0.15, -0.1) is 0 Å². The molecule has 0 saturated heterocycles. The van der Waals surface area contributed by atoms with Crippen molar-refractivity contribution in [1.29, 1.82) is 0 Å². The van der Waals surface area contributed by atoms with Crippen molar-refractivity contribution in [2.45, 2.75) is 64.1 Å². The summed E-state index contributed by atoms with van der Waals surface area (Å²) < 4.78 is 15.6. The summed E-state index contributed by atoms with van der Waals surface area (Å²) in [7, 11) is 1.68. The molecule has 0 aromatic carbocycles. The van der Waals surface area contributed by atoms with Crippen LogP contribution in [-0.4, -0.2) is 57.3 Å². The summed E-state index contributed by atoms with van der Waals surface area (Å²) in [5, 5.41) is 6.40. The zero-order valence-electron chi connectivity index (χ0n) is 14.4. The van der Waals surface area contributed by atoms with Crippen LogP contribution in [0.2, 0.25) is 0 Å². The molecular weight excluding hydrogens is 284 g/mol. The summed E-state index contributed by atoms with van der Waals surface area (Å²) >= 11 is 0. The lowest BCUT2D eigenvalue weighted by atomic mass is 9.87. The Morgan fingerprint density at radius 3 is 2.45 bits per heavy atom. The molecule has 0 aromatic rings. The fourth-order valence-electron chi connectivity index (χ4n) is 2.26. The predicted octanol–water partition coefficient (Wildman–Crippen LogP) is 2.07. The van der Waals surface area contributed by atoms with Crippen molar-refractivity contribution in [3.8, 4) is 0 Å². The van der Waals surface area contributed by atoms with Gasteiger partial charge in [-0.2, -0.15) is 0 Å². The van der Waals surface area contributed by atoms with E-state index in [2.05, 4.69) is 10.6 Å². The molecule has 1 fully saturated rings. The van der Waals surface area contributed by atoms with Crippen LogP contribution in [-0.2, 0) is 14.2 Å². The second kappa shape index (κ2) is 10.0. The van der Waals surface area contributed by atoms with Gasteiger partial charge in [0.2, 0.25) is 0 Å². The minimum atomic E-state index is -0.434. The van der Waals surface area contributed by atoms with E-state index in [0.29, 0.717) is 19.3 Å². The van der Waals surface area contributed by atoms with E-state index < -0.39 is 5.60 Å². The lowest BCUT2D eigenvalue weighted by Crippen LogP contribution is -2.53. The largest absolute Gasteiger partial charge is 0.444 e. The molecule has 0 aromatic heterocycles. The molecule has 6 heteroatoms. The molecule has 1 amide bonds. The molecule has 0 bridgehead atoms. The van der Waals surface area contributed by atoms with E-state index in [1.54, 1.807) is 7.11 Å². The Labute approximate surface area is 134 Å². The third-order valence-corrected chi connectivity index (χ3v) is 3.44. The molecule has 0 spiro atoms. The van der Waals surface area contributed by atoms with Gasteiger partial charge in [-0.05, 0) is 53.0 Å². The van der Waals surface area contributed by atoms with Crippen LogP contribution in [0.3, 0.4) is 0 Å². The first-order valence-corrected chi connectivity index (χ1v) is 8.20. The first-order valence-electron chi connectivity index (χ1n) is 8.20.